The molecule has 0 saturated heterocycles. The van der Waals surface area contributed by atoms with E-state index in [4.69, 9.17) is 0 Å². The number of benzene rings is 2. The number of hydrogen-bond acceptors (Lipinski definition) is 1. The third kappa shape index (κ3) is 2.59. The molecule has 3 aromatic rings. The van der Waals surface area contributed by atoms with Gasteiger partial charge in [0.1, 0.15) is 5.82 Å². The molecular formula is C18H14FN. The summed E-state index contributed by atoms with van der Waals surface area (Å²) in [6.45, 7) is 0. The maximum Gasteiger partial charge on any atom is 0.123 e. The predicted octanol–water partition coefficient (Wildman–Crippen LogP) is 4.40. The number of aromatic nitrogens is 1. The maximum atomic E-state index is 13.1. The molecule has 98 valence electrons. The van der Waals surface area contributed by atoms with Gasteiger partial charge in [-0.1, -0.05) is 42.5 Å². The molecule has 0 amide bonds. The van der Waals surface area contributed by atoms with E-state index in [9.17, 15) is 4.39 Å². The van der Waals surface area contributed by atoms with Crippen LogP contribution < -0.4 is 0 Å². The Kier molecular flexibility index (Phi) is 3.55. The van der Waals surface area contributed by atoms with E-state index in [0.29, 0.717) is 0 Å². The van der Waals surface area contributed by atoms with Crippen LogP contribution in [0.4, 0.5) is 4.39 Å². The van der Waals surface area contributed by atoms with E-state index in [2.05, 4.69) is 17.1 Å². The third-order valence-corrected chi connectivity index (χ3v) is 3.38. The molecule has 0 unspecified atom stereocenters. The van der Waals surface area contributed by atoms with Crippen LogP contribution in [0, 0.1) is 5.82 Å². The normalized spacial score (nSPS) is 12.1. The predicted molar refractivity (Wildman–Crippen MR) is 78.0 cm³/mol. The second-order valence-electron chi connectivity index (χ2n) is 4.68. The summed E-state index contributed by atoms with van der Waals surface area (Å²) >= 11 is 0. The van der Waals surface area contributed by atoms with Crippen LogP contribution in [-0.2, 0) is 0 Å². The first kappa shape index (κ1) is 12.5. The van der Waals surface area contributed by atoms with Crippen LogP contribution in [0.2, 0.25) is 0 Å². The van der Waals surface area contributed by atoms with Crippen LogP contribution in [-0.4, -0.2) is 4.98 Å². The second-order valence-corrected chi connectivity index (χ2v) is 4.68. The Morgan fingerprint density at radius 2 is 1.20 bits per heavy atom. The van der Waals surface area contributed by atoms with Crippen molar-refractivity contribution in [2.24, 2.45) is 0 Å². The molecule has 0 fully saturated rings. The summed E-state index contributed by atoms with van der Waals surface area (Å²) in [5.41, 5.74) is 3.41. The number of hydrogen-bond donors (Lipinski definition) is 0. The topological polar surface area (TPSA) is 12.9 Å². The summed E-state index contributed by atoms with van der Waals surface area (Å²) in [6, 6.07) is 20.9. The number of nitrogens with zero attached hydrogens (tertiary/aromatic N) is 1. The molecule has 0 saturated carbocycles. The van der Waals surface area contributed by atoms with Gasteiger partial charge in [-0.25, -0.2) is 4.39 Å². The lowest BCUT2D eigenvalue weighted by Gasteiger charge is -2.18. The van der Waals surface area contributed by atoms with Gasteiger partial charge in [-0.05, 0) is 41.0 Å². The molecule has 0 radical (unpaired) electrons. The molecule has 0 aliphatic carbocycles. The molecule has 2 heteroatoms. The van der Waals surface area contributed by atoms with Gasteiger partial charge in [-0.2, -0.15) is 0 Å². The molecule has 2 aromatic carbocycles. The summed E-state index contributed by atoms with van der Waals surface area (Å²) < 4.78 is 13.1. The van der Waals surface area contributed by atoms with Crippen molar-refractivity contribution in [3.05, 3.63) is 102 Å². The van der Waals surface area contributed by atoms with Crippen LogP contribution in [0.15, 0.2) is 79.1 Å². The Morgan fingerprint density at radius 3 is 1.85 bits per heavy atom. The van der Waals surface area contributed by atoms with Crippen LogP contribution in [0.3, 0.4) is 0 Å². The maximum absolute atomic E-state index is 13.1. The molecular weight excluding hydrogens is 249 g/mol. The van der Waals surface area contributed by atoms with E-state index in [1.807, 2.05) is 42.5 Å². The first-order chi connectivity index (χ1) is 9.84. The summed E-state index contributed by atoms with van der Waals surface area (Å²) in [4.78, 5) is 4.07. The number of rotatable bonds is 3. The SMILES string of the molecule is Fc1ccc([C@@H](c2ccccc2)c2ccncc2)cc1. The summed E-state index contributed by atoms with van der Waals surface area (Å²) in [5.74, 6) is -0.116. The van der Waals surface area contributed by atoms with Crippen molar-refractivity contribution < 1.29 is 4.39 Å². The highest BCUT2D eigenvalue weighted by molar-refractivity contribution is 5.42. The van der Waals surface area contributed by atoms with Crippen LogP contribution in [0.5, 0.6) is 0 Å². The van der Waals surface area contributed by atoms with Crippen molar-refractivity contribution in [2.45, 2.75) is 5.92 Å². The highest BCUT2D eigenvalue weighted by Gasteiger charge is 2.16. The molecule has 1 atom stereocenters. The van der Waals surface area contributed by atoms with Gasteiger partial charge in [0.2, 0.25) is 0 Å². The van der Waals surface area contributed by atoms with Crippen molar-refractivity contribution in [1.29, 1.82) is 0 Å². The average Bonchev–Trinajstić information content (AvgIpc) is 2.52. The summed E-state index contributed by atoms with van der Waals surface area (Å²) in [7, 11) is 0. The fourth-order valence-corrected chi connectivity index (χ4v) is 2.43. The van der Waals surface area contributed by atoms with Crippen molar-refractivity contribution in [2.75, 3.05) is 0 Å². The second kappa shape index (κ2) is 5.66. The van der Waals surface area contributed by atoms with E-state index in [0.717, 1.165) is 11.1 Å². The van der Waals surface area contributed by atoms with Crippen molar-refractivity contribution in [3.63, 3.8) is 0 Å². The van der Waals surface area contributed by atoms with Gasteiger partial charge in [0.25, 0.3) is 0 Å². The van der Waals surface area contributed by atoms with E-state index in [1.54, 1.807) is 12.4 Å². The molecule has 0 aliphatic heterocycles. The minimum atomic E-state index is -0.213. The molecule has 20 heavy (non-hydrogen) atoms. The molecule has 0 N–H and O–H groups in total. The van der Waals surface area contributed by atoms with Crippen LogP contribution >= 0.6 is 0 Å². The zero-order chi connectivity index (χ0) is 13.8. The molecule has 0 spiro atoms. The van der Waals surface area contributed by atoms with E-state index in [1.165, 1.54) is 17.7 Å². The van der Waals surface area contributed by atoms with Gasteiger partial charge >= 0.3 is 0 Å². The summed E-state index contributed by atoms with van der Waals surface area (Å²) in [5, 5.41) is 0. The monoisotopic (exact) mass is 263 g/mol. The Hall–Kier alpha value is -2.48. The minimum absolute atomic E-state index is 0.0970. The molecule has 1 heterocycles. The van der Waals surface area contributed by atoms with Crippen LogP contribution in [0.25, 0.3) is 0 Å². The van der Waals surface area contributed by atoms with Gasteiger partial charge in [0, 0.05) is 18.3 Å². The number of pyridine rings is 1. The highest BCUT2D eigenvalue weighted by Crippen LogP contribution is 2.31. The Balaban J connectivity index is 2.11. The highest BCUT2D eigenvalue weighted by atomic mass is 19.1. The van der Waals surface area contributed by atoms with Crippen molar-refractivity contribution in [1.82, 2.24) is 4.98 Å². The number of halogens is 1. The lowest BCUT2D eigenvalue weighted by molar-refractivity contribution is 0.627. The largest absolute Gasteiger partial charge is 0.265 e. The lowest BCUT2D eigenvalue weighted by atomic mass is 9.86. The zero-order valence-corrected chi connectivity index (χ0v) is 10.9. The molecule has 0 aliphatic rings. The standard InChI is InChI=1S/C18H14FN/c19-17-8-6-15(7-9-17)18(14-4-2-1-3-5-14)16-10-12-20-13-11-16/h1-13,18H/t18-/m1/s1. The Bertz CT molecular complexity index is 623. The van der Waals surface area contributed by atoms with E-state index >= 15 is 0 Å². The third-order valence-electron chi connectivity index (χ3n) is 3.38. The van der Waals surface area contributed by atoms with Gasteiger partial charge in [0.15, 0.2) is 0 Å². The smallest absolute Gasteiger partial charge is 0.123 e. The fraction of sp³-hybridized carbons (Fsp3) is 0.0556. The van der Waals surface area contributed by atoms with Gasteiger partial charge in [-0.3, -0.25) is 4.98 Å². The van der Waals surface area contributed by atoms with Gasteiger partial charge in [-0.15, -0.1) is 0 Å². The van der Waals surface area contributed by atoms with Gasteiger partial charge < -0.3 is 0 Å². The van der Waals surface area contributed by atoms with Crippen molar-refractivity contribution in [3.8, 4) is 0 Å². The zero-order valence-electron chi connectivity index (χ0n) is 10.9. The average molecular weight is 263 g/mol. The fourth-order valence-electron chi connectivity index (χ4n) is 2.43. The first-order valence-electron chi connectivity index (χ1n) is 6.55. The molecule has 1 nitrogen and oxygen atoms in total. The quantitative estimate of drug-likeness (QED) is 0.682. The Labute approximate surface area is 117 Å². The molecule has 0 bridgehead atoms. The Morgan fingerprint density at radius 1 is 0.650 bits per heavy atom. The molecule has 3 rings (SSSR count). The van der Waals surface area contributed by atoms with E-state index < -0.39 is 0 Å². The molecule has 1 aromatic heterocycles. The minimum Gasteiger partial charge on any atom is -0.265 e. The summed E-state index contributed by atoms with van der Waals surface area (Å²) in [6.07, 6.45) is 3.57. The van der Waals surface area contributed by atoms with Gasteiger partial charge in [0.05, 0.1) is 0 Å². The van der Waals surface area contributed by atoms with Crippen LogP contribution in [0.1, 0.15) is 22.6 Å². The lowest BCUT2D eigenvalue weighted by Crippen LogP contribution is -2.03. The first-order valence-corrected chi connectivity index (χ1v) is 6.55. The van der Waals surface area contributed by atoms with E-state index in [-0.39, 0.29) is 11.7 Å². The van der Waals surface area contributed by atoms with Crippen molar-refractivity contribution >= 4 is 0 Å².